The Morgan fingerprint density at radius 3 is 2.57 bits per heavy atom. The molecule has 6 rings (SSSR count). The molecule has 0 radical (unpaired) electrons. The molecule has 0 aliphatic rings. The summed E-state index contributed by atoms with van der Waals surface area (Å²) in [4.78, 5) is 13.1. The minimum Gasteiger partial charge on any atom is -0.488 e. The summed E-state index contributed by atoms with van der Waals surface area (Å²) in [6, 6.07) is 39.9. The number of rotatable bonds is 12. The Morgan fingerprint density at radius 1 is 0.935 bits per heavy atom. The Bertz CT molecular complexity index is 1980. The summed E-state index contributed by atoms with van der Waals surface area (Å²) in [5.74, 6) is 1.14. The van der Waals surface area contributed by atoms with E-state index in [2.05, 4.69) is 66.2 Å². The number of thioether (sulfide) groups is 1. The lowest BCUT2D eigenvalue weighted by Crippen LogP contribution is -2.27. The largest absolute Gasteiger partial charge is 0.488 e. The van der Waals surface area contributed by atoms with Crippen LogP contribution in [0.3, 0.4) is 0 Å². The molecule has 0 fully saturated rings. The molecule has 1 amide bonds. The van der Waals surface area contributed by atoms with Crippen molar-refractivity contribution in [2.24, 2.45) is 5.10 Å². The number of aromatic nitrogens is 3. The van der Waals surface area contributed by atoms with E-state index in [1.165, 1.54) is 11.8 Å². The fourth-order valence-electron chi connectivity index (χ4n) is 4.86. The van der Waals surface area contributed by atoms with E-state index in [1.807, 2.05) is 109 Å². The van der Waals surface area contributed by atoms with E-state index >= 15 is 0 Å². The molecule has 0 bridgehead atoms. The number of carbonyl (C=O) groups is 1. The molecule has 1 unspecified atom stereocenters. The zero-order valence-electron chi connectivity index (χ0n) is 25.0. The Morgan fingerprint density at radius 2 is 1.70 bits per heavy atom. The number of halogens is 1. The van der Waals surface area contributed by atoms with E-state index in [1.54, 1.807) is 6.21 Å². The van der Waals surface area contributed by atoms with Gasteiger partial charge in [-0.3, -0.25) is 9.36 Å². The number of hydrazone groups is 1. The van der Waals surface area contributed by atoms with Gasteiger partial charge in [0.1, 0.15) is 12.4 Å². The highest BCUT2D eigenvalue weighted by Crippen LogP contribution is 2.28. The van der Waals surface area contributed by atoms with Gasteiger partial charge in [-0.25, -0.2) is 5.43 Å². The molecule has 6 aromatic rings. The zero-order valence-corrected chi connectivity index (χ0v) is 27.4. The van der Waals surface area contributed by atoms with Crippen LogP contribution in [0.4, 0.5) is 5.69 Å². The molecule has 1 aromatic heterocycles. The van der Waals surface area contributed by atoms with Gasteiger partial charge in [-0.1, -0.05) is 107 Å². The van der Waals surface area contributed by atoms with Crippen LogP contribution in [-0.2, 0) is 17.9 Å². The van der Waals surface area contributed by atoms with Crippen molar-refractivity contribution in [1.29, 1.82) is 0 Å². The number of nitrogens with one attached hydrogen (secondary N) is 2. The lowest BCUT2D eigenvalue weighted by atomic mass is 10.1. The van der Waals surface area contributed by atoms with E-state index in [0.29, 0.717) is 24.1 Å². The van der Waals surface area contributed by atoms with Gasteiger partial charge in [0.25, 0.3) is 5.91 Å². The minimum atomic E-state index is -0.495. The average molecular weight is 692 g/mol. The van der Waals surface area contributed by atoms with Crippen LogP contribution in [0.25, 0.3) is 16.5 Å². The molecule has 1 atom stereocenters. The molecule has 0 saturated carbocycles. The smallest absolute Gasteiger partial charge is 0.253 e. The average Bonchev–Trinajstić information content (AvgIpc) is 3.49. The van der Waals surface area contributed by atoms with Crippen LogP contribution in [-0.4, -0.2) is 32.1 Å². The van der Waals surface area contributed by atoms with Gasteiger partial charge in [0.05, 0.1) is 18.0 Å². The first-order chi connectivity index (χ1) is 22.5. The molecule has 0 aliphatic heterocycles. The van der Waals surface area contributed by atoms with Crippen molar-refractivity contribution in [2.75, 3.05) is 5.32 Å². The van der Waals surface area contributed by atoms with Crippen LogP contribution >= 0.6 is 27.7 Å². The van der Waals surface area contributed by atoms with E-state index in [-0.39, 0.29) is 5.91 Å². The van der Waals surface area contributed by atoms with Crippen LogP contribution in [0, 0.1) is 0 Å². The second kappa shape index (κ2) is 14.9. The number of hydrogen-bond donors (Lipinski definition) is 2. The van der Waals surface area contributed by atoms with E-state index < -0.39 is 5.25 Å². The summed E-state index contributed by atoms with van der Waals surface area (Å²) >= 11 is 4.81. The Balaban J connectivity index is 1.13. The fourth-order valence-corrected chi connectivity index (χ4v) is 6.18. The number of fused-ring (bicyclic) bond motifs is 1. The first-order valence-electron chi connectivity index (χ1n) is 14.7. The highest BCUT2D eigenvalue weighted by Gasteiger charge is 2.21. The molecule has 0 saturated heterocycles. The molecule has 5 aromatic carbocycles. The van der Waals surface area contributed by atoms with Gasteiger partial charge in [-0.05, 0) is 60.3 Å². The maximum Gasteiger partial charge on any atom is 0.253 e. The van der Waals surface area contributed by atoms with Crippen molar-refractivity contribution in [2.45, 2.75) is 30.5 Å². The number of para-hydroxylation sites is 2. The molecular weight excluding hydrogens is 660 g/mol. The van der Waals surface area contributed by atoms with Gasteiger partial charge in [-0.2, -0.15) is 5.10 Å². The van der Waals surface area contributed by atoms with Crippen molar-refractivity contribution in [3.05, 3.63) is 143 Å². The van der Waals surface area contributed by atoms with Crippen LogP contribution in [0.15, 0.2) is 136 Å². The van der Waals surface area contributed by atoms with Gasteiger partial charge in [0, 0.05) is 26.8 Å². The summed E-state index contributed by atoms with van der Waals surface area (Å²) in [7, 11) is 0. The molecule has 230 valence electrons. The van der Waals surface area contributed by atoms with Gasteiger partial charge in [0.15, 0.2) is 11.0 Å². The van der Waals surface area contributed by atoms with Crippen LogP contribution in [0.1, 0.15) is 23.9 Å². The molecule has 0 aliphatic carbocycles. The summed E-state index contributed by atoms with van der Waals surface area (Å²) < 4.78 is 9.01. The Hall–Kier alpha value is -4.93. The summed E-state index contributed by atoms with van der Waals surface area (Å²) in [6.45, 7) is 2.68. The second-order valence-electron chi connectivity index (χ2n) is 10.4. The van der Waals surface area contributed by atoms with Gasteiger partial charge in [-0.15, -0.1) is 10.2 Å². The van der Waals surface area contributed by atoms with Crippen molar-refractivity contribution >= 4 is 56.3 Å². The summed E-state index contributed by atoms with van der Waals surface area (Å²) in [5.41, 5.74) is 6.39. The fraction of sp³-hybridized carbons (Fsp3) is 0.111. The molecule has 8 nitrogen and oxygen atoms in total. The van der Waals surface area contributed by atoms with Crippen molar-refractivity contribution in [3.63, 3.8) is 0 Å². The van der Waals surface area contributed by atoms with E-state index in [4.69, 9.17) is 4.74 Å². The number of hydrogen-bond acceptors (Lipinski definition) is 7. The normalized spacial score (nSPS) is 11.9. The zero-order chi connectivity index (χ0) is 31.7. The topological polar surface area (TPSA) is 93.4 Å². The molecule has 1 heterocycles. The first-order valence-corrected chi connectivity index (χ1v) is 16.4. The minimum absolute atomic E-state index is 0.258. The van der Waals surface area contributed by atoms with Gasteiger partial charge >= 0.3 is 0 Å². The van der Waals surface area contributed by atoms with Crippen molar-refractivity contribution in [1.82, 2.24) is 20.2 Å². The molecule has 46 heavy (non-hydrogen) atoms. The van der Waals surface area contributed by atoms with Crippen molar-refractivity contribution in [3.8, 4) is 11.4 Å². The van der Waals surface area contributed by atoms with E-state index in [0.717, 1.165) is 43.6 Å². The number of carbonyl (C=O) groups excluding carboxylic acids is 1. The molecule has 0 spiro atoms. The maximum atomic E-state index is 13.1. The predicted octanol–water partition coefficient (Wildman–Crippen LogP) is 8.01. The third-order valence-corrected chi connectivity index (χ3v) is 8.71. The third-order valence-electron chi connectivity index (χ3n) is 7.17. The predicted molar refractivity (Wildman–Crippen MR) is 189 cm³/mol. The summed E-state index contributed by atoms with van der Waals surface area (Å²) in [6.07, 6.45) is 1.59. The number of ether oxygens (including phenoxy) is 1. The highest BCUT2D eigenvalue weighted by atomic mass is 79.9. The lowest BCUT2D eigenvalue weighted by Gasteiger charge is -2.14. The van der Waals surface area contributed by atoms with Crippen molar-refractivity contribution < 1.29 is 9.53 Å². The third kappa shape index (κ3) is 7.64. The van der Waals surface area contributed by atoms with Crippen LogP contribution < -0.4 is 15.5 Å². The van der Waals surface area contributed by atoms with E-state index in [9.17, 15) is 4.79 Å². The monoisotopic (exact) mass is 690 g/mol. The standard InChI is InChI=1S/C36H31BrN6O2S/c1-25(35(44)41-39-22-28-13-6-8-20-33(28)45-24-26-11-9-15-29(37)21-26)46-36-42-40-34(43(36)30-16-3-2-4-17-30)23-38-32-19-10-14-27-12-5-7-18-31(27)32/h2-22,25,38H,23-24H2,1H3,(H,41,44). The quantitative estimate of drug-likeness (QED) is 0.0768. The molecule has 10 heteroatoms. The molecule has 2 N–H and O–H groups in total. The second-order valence-corrected chi connectivity index (χ2v) is 12.6. The van der Waals surface area contributed by atoms with Crippen LogP contribution in [0.2, 0.25) is 0 Å². The number of anilines is 1. The number of benzene rings is 5. The Kier molecular flexibility index (Phi) is 10.1. The summed E-state index contributed by atoms with van der Waals surface area (Å²) in [5, 5.41) is 19.2. The highest BCUT2D eigenvalue weighted by molar-refractivity contribution is 9.10. The number of nitrogens with zero attached hydrogens (tertiary/aromatic N) is 4. The van der Waals surface area contributed by atoms with Gasteiger partial charge in [0.2, 0.25) is 0 Å². The maximum absolute atomic E-state index is 13.1. The SMILES string of the molecule is CC(Sc1nnc(CNc2cccc3ccccc23)n1-c1ccccc1)C(=O)NN=Cc1ccccc1OCc1cccc(Br)c1. The number of amides is 1. The van der Waals surface area contributed by atoms with Gasteiger partial charge < -0.3 is 10.1 Å². The Labute approximate surface area is 280 Å². The first kappa shape index (κ1) is 31.1. The van der Waals surface area contributed by atoms with Crippen LogP contribution in [0.5, 0.6) is 5.75 Å². The molecular formula is C36H31BrN6O2S. The lowest BCUT2D eigenvalue weighted by molar-refractivity contribution is -0.120.